The predicted molar refractivity (Wildman–Crippen MR) is 258 cm³/mol. The molecule has 0 heterocycles. The molecule has 7 aromatic carbocycles. The van der Waals surface area contributed by atoms with E-state index >= 15 is 0 Å². The Kier molecular flexibility index (Phi) is 7.84. The molecule has 0 fully saturated rings. The summed E-state index contributed by atoms with van der Waals surface area (Å²) in [5, 5.41) is 0. The van der Waals surface area contributed by atoms with Crippen LogP contribution in [0.5, 0.6) is 0 Å². The van der Waals surface area contributed by atoms with Crippen LogP contribution in [0.25, 0.3) is 16.7 Å². The van der Waals surface area contributed by atoms with Crippen molar-refractivity contribution in [3.8, 4) is 11.1 Å². The van der Waals surface area contributed by atoms with Crippen molar-refractivity contribution in [2.24, 2.45) is 5.92 Å². The molecule has 2 unspecified atom stereocenters. The quantitative estimate of drug-likeness (QED) is 0.168. The third kappa shape index (κ3) is 4.91. The van der Waals surface area contributed by atoms with Gasteiger partial charge in [0.25, 0.3) is 0 Å². The van der Waals surface area contributed by atoms with Gasteiger partial charge in [-0.15, -0.1) is 0 Å². The number of fused-ring (bicyclic) bond motifs is 10. The maximum Gasteiger partial charge on any atom is 0.0714 e. The fraction of sp³-hybridized carbons (Fsp3) is 0.246. The number of hydrogen-bond donors (Lipinski definition) is 0. The van der Waals surface area contributed by atoms with E-state index in [1.54, 1.807) is 0 Å². The molecule has 0 aliphatic heterocycles. The van der Waals surface area contributed by atoms with Gasteiger partial charge in [0.15, 0.2) is 0 Å². The fourth-order valence-electron chi connectivity index (χ4n) is 13.8. The zero-order valence-electron chi connectivity index (χ0n) is 37.0. The van der Waals surface area contributed by atoms with E-state index in [0.29, 0.717) is 5.92 Å². The van der Waals surface area contributed by atoms with E-state index in [1.165, 1.54) is 89.4 Å². The van der Waals surface area contributed by atoms with Gasteiger partial charge in [-0.1, -0.05) is 193 Å². The van der Waals surface area contributed by atoms with Gasteiger partial charge in [0, 0.05) is 22.5 Å². The first kappa shape index (κ1) is 37.6. The summed E-state index contributed by atoms with van der Waals surface area (Å²) in [6.07, 6.45) is 8.19. The molecule has 0 bridgehead atoms. The van der Waals surface area contributed by atoms with Crippen molar-refractivity contribution in [3.05, 3.63) is 243 Å². The lowest BCUT2D eigenvalue weighted by molar-refractivity contribution is 0.349. The van der Waals surface area contributed by atoms with Crippen molar-refractivity contribution in [2.45, 2.75) is 87.9 Å². The lowest BCUT2D eigenvalue weighted by Crippen LogP contribution is -2.29. The lowest BCUT2D eigenvalue weighted by Gasteiger charge is -2.37. The maximum absolute atomic E-state index is 2.65. The van der Waals surface area contributed by atoms with E-state index in [-0.39, 0.29) is 21.7 Å². The van der Waals surface area contributed by atoms with Crippen molar-refractivity contribution in [1.82, 2.24) is 0 Å². The molecule has 0 N–H and O–H groups in total. The molecular formula is C61H55N. The average molecular weight is 802 g/mol. The normalized spacial score (nSPS) is 22.1. The molecule has 5 aliphatic rings. The largest absolute Gasteiger partial charge is 0.310 e. The van der Waals surface area contributed by atoms with Gasteiger partial charge in [0.1, 0.15) is 0 Å². The van der Waals surface area contributed by atoms with Crippen LogP contribution in [-0.4, -0.2) is 0 Å². The Morgan fingerprint density at radius 1 is 0.435 bits per heavy atom. The van der Waals surface area contributed by atoms with Crippen LogP contribution in [0.2, 0.25) is 0 Å². The highest BCUT2D eigenvalue weighted by atomic mass is 15.2. The Bertz CT molecular complexity index is 2990. The van der Waals surface area contributed by atoms with Gasteiger partial charge in [-0.2, -0.15) is 0 Å². The first-order valence-electron chi connectivity index (χ1n) is 22.9. The summed E-state index contributed by atoms with van der Waals surface area (Å²) in [5.41, 5.74) is 21.6. The molecule has 0 amide bonds. The van der Waals surface area contributed by atoms with E-state index in [9.17, 15) is 0 Å². The van der Waals surface area contributed by atoms with E-state index < -0.39 is 5.41 Å². The second kappa shape index (κ2) is 12.9. The monoisotopic (exact) mass is 801 g/mol. The zero-order valence-corrected chi connectivity index (χ0v) is 37.0. The summed E-state index contributed by atoms with van der Waals surface area (Å²) in [6, 6.07) is 65.1. The predicted octanol–water partition coefficient (Wildman–Crippen LogP) is 15.1. The molecule has 304 valence electrons. The standard InChI is InChI=1S/C61H55N/c1-57(2)38-60(50-29-18-17-28-49(50)57)39-58(3,4)54-37-43(33-35-51(54)60)62(55-31-19-30-52-56(55)46-25-14-15-26-47(46)59(52,5)6)42-32-34-45-44-24-13-16-27-48(44)61(53(45)36-42,40-20-9-7-10-21-40)41-22-11-8-12-23-41/h7-29,31-37,52H,30,38-39H2,1-6H3. The fourth-order valence-corrected chi connectivity index (χ4v) is 13.8. The van der Waals surface area contributed by atoms with Gasteiger partial charge in [-0.05, 0) is 144 Å². The third-order valence-corrected chi connectivity index (χ3v) is 16.2. The SMILES string of the molecule is CC1(C)CC2(CC(C)(C)c3cc(N(C4=C5c6ccccc6C(C)(C)C5CC=C4)c4ccc5c(c4)C(c4ccccc4)(c4ccccc4)c4ccccc4-5)ccc32)c2ccccc21. The Hall–Kier alpha value is -6.18. The molecule has 0 aromatic heterocycles. The van der Waals surface area contributed by atoms with Crippen LogP contribution in [0.4, 0.5) is 11.4 Å². The number of benzene rings is 7. The van der Waals surface area contributed by atoms with Crippen LogP contribution in [-0.2, 0) is 27.1 Å². The molecule has 0 saturated heterocycles. The minimum absolute atomic E-state index is 0.00124. The highest BCUT2D eigenvalue weighted by molar-refractivity contribution is 5.92. The summed E-state index contributed by atoms with van der Waals surface area (Å²) < 4.78 is 0. The van der Waals surface area contributed by atoms with Crippen LogP contribution in [0, 0.1) is 5.92 Å². The first-order valence-corrected chi connectivity index (χ1v) is 22.9. The number of rotatable bonds is 5. The van der Waals surface area contributed by atoms with Gasteiger partial charge < -0.3 is 4.90 Å². The van der Waals surface area contributed by atoms with E-state index in [0.717, 1.165) is 19.3 Å². The zero-order chi connectivity index (χ0) is 42.2. The molecule has 0 radical (unpaired) electrons. The highest BCUT2D eigenvalue weighted by Crippen LogP contribution is 2.64. The number of anilines is 2. The van der Waals surface area contributed by atoms with Gasteiger partial charge in [0.05, 0.1) is 5.41 Å². The topological polar surface area (TPSA) is 3.24 Å². The van der Waals surface area contributed by atoms with Crippen molar-refractivity contribution < 1.29 is 0 Å². The van der Waals surface area contributed by atoms with Gasteiger partial charge >= 0.3 is 0 Å². The molecule has 7 aromatic rings. The summed E-state index contributed by atoms with van der Waals surface area (Å²) >= 11 is 0. The van der Waals surface area contributed by atoms with Crippen LogP contribution in [0.1, 0.15) is 116 Å². The van der Waals surface area contributed by atoms with Crippen molar-refractivity contribution in [3.63, 3.8) is 0 Å². The number of hydrogen-bond acceptors (Lipinski definition) is 1. The maximum atomic E-state index is 2.65. The number of nitrogens with zero attached hydrogens (tertiary/aromatic N) is 1. The van der Waals surface area contributed by atoms with E-state index in [4.69, 9.17) is 0 Å². The van der Waals surface area contributed by atoms with E-state index in [1.807, 2.05) is 0 Å². The van der Waals surface area contributed by atoms with Gasteiger partial charge in [0.2, 0.25) is 0 Å². The number of allylic oxidation sites excluding steroid dienone is 3. The Balaban J connectivity index is 1.14. The van der Waals surface area contributed by atoms with Crippen LogP contribution < -0.4 is 4.90 Å². The highest BCUT2D eigenvalue weighted by Gasteiger charge is 2.56. The average Bonchev–Trinajstić information content (AvgIpc) is 3.89. The molecular weight excluding hydrogens is 747 g/mol. The summed E-state index contributed by atoms with van der Waals surface area (Å²) in [5.74, 6) is 0.375. The Labute approximate surface area is 368 Å². The minimum Gasteiger partial charge on any atom is -0.310 e. The van der Waals surface area contributed by atoms with Gasteiger partial charge in [-0.25, -0.2) is 0 Å². The van der Waals surface area contributed by atoms with Crippen molar-refractivity contribution in [2.75, 3.05) is 4.90 Å². The molecule has 12 rings (SSSR count). The molecule has 2 atom stereocenters. The molecule has 1 heteroatoms. The molecule has 62 heavy (non-hydrogen) atoms. The molecule has 1 nitrogen and oxygen atoms in total. The van der Waals surface area contributed by atoms with Gasteiger partial charge in [-0.3, -0.25) is 0 Å². The Morgan fingerprint density at radius 3 is 1.61 bits per heavy atom. The van der Waals surface area contributed by atoms with Crippen LogP contribution in [0.3, 0.4) is 0 Å². The summed E-state index contributed by atoms with van der Waals surface area (Å²) in [6.45, 7) is 14.8. The summed E-state index contributed by atoms with van der Waals surface area (Å²) in [7, 11) is 0. The Morgan fingerprint density at radius 2 is 0.935 bits per heavy atom. The lowest BCUT2D eigenvalue weighted by atomic mass is 9.67. The molecule has 1 spiro atoms. The summed E-state index contributed by atoms with van der Waals surface area (Å²) in [4.78, 5) is 2.65. The molecule has 5 aliphatic carbocycles. The second-order valence-corrected chi connectivity index (χ2v) is 20.8. The van der Waals surface area contributed by atoms with E-state index in [2.05, 4.69) is 228 Å². The van der Waals surface area contributed by atoms with Crippen LogP contribution in [0.15, 0.2) is 188 Å². The van der Waals surface area contributed by atoms with Crippen molar-refractivity contribution >= 4 is 16.9 Å². The second-order valence-electron chi connectivity index (χ2n) is 20.8. The smallest absolute Gasteiger partial charge is 0.0714 e. The molecule has 0 saturated carbocycles. The van der Waals surface area contributed by atoms with Crippen LogP contribution >= 0.6 is 0 Å². The third-order valence-electron chi connectivity index (χ3n) is 16.2. The minimum atomic E-state index is -0.490. The first-order chi connectivity index (χ1) is 30.0. The van der Waals surface area contributed by atoms with Crippen molar-refractivity contribution in [1.29, 1.82) is 0 Å².